The lowest BCUT2D eigenvalue weighted by molar-refractivity contribution is -0.105. The minimum atomic E-state index is -0.00429. The van der Waals surface area contributed by atoms with E-state index in [2.05, 4.69) is 24.1 Å². The summed E-state index contributed by atoms with van der Waals surface area (Å²) in [7, 11) is 1.87. The molecular weight excluding hydrogens is 538 g/mol. The summed E-state index contributed by atoms with van der Waals surface area (Å²) >= 11 is 0. The molecule has 8 nitrogen and oxygen atoms in total. The minimum absolute atomic E-state index is 0.00429. The molecule has 2 aromatic rings. The number of pyridine rings is 1. The molecule has 1 atom stereocenters. The fourth-order valence-electron chi connectivity index (χ4n) is 5.39. The molecule has 0 bridgehead atoms. The summed E-state index contributed by atoms with van der Waals surface area (Å²) in [5, 5.41) is 10.1. The van der Waals surface area contributed by atoms with Crippen LogP contribution in [0.25, 0.3) is 5.70 Å². The number of rotatable bonds is 12. The Balaban J connectivity index is 0.00000155. The van der Waals surface area contributed by atoms with Crippen molar-refractivity contribution in [3.05, 3.63) is 59.4 Å². The summed E-state index contributed by atoms with van der Waals surface area (Å²) in [6, 6.07) is 9.63. The molecule has 0 radical (unpaired) electrons. The molecule has 43 heavy (non-hydrogen) atoms. The Morgan fingerprint density at radius 3 is 2.37 bits per heavy atom. The van der Waals surface area contributed by atoms with Crippen LogP contribution < -0.4 is 10.1 Å². The highest BCUT2D eigenvalue weighted by atomic mass is 16.5. The quantitative estimate of drug-likeness (QED) is 0.200. The standard InChI is InChI=1S/C31H41N5O3.2C2H6/c1-4-6-7-8-25(5-2)36-30(24(22-37)11-18-34-36)28-21-23(9-10-29(28)32-3)31(38)35-19-14-27(15-20-35)39-26-12-16-33-17-13-26;2*1-2/h9-10,12-13,16-18,21-22,25,27,32H,4-8,11,14-15,19-20H2,1-3H3;2*1-2H3. The Hall–Kier alpha value is -3.68. The molecule has 1 aromatic carbocycles. The van der Waals surface area contributed by atoms with E-state index in [0.717, 1.165) is 67.5 Å². The normalized spacial score (nSPS) is 15.5. The maximum Gasteiger partial charge on any atom is 0.253 e. The van der Waals surface area contributed by atoms with Crippen LogP contribution in [-0.2, 0) is 4.79 Å². The Morgan fingerprint density at radius 2 is 1.77 bits per heavy atom. The van der Waals surface area contributed by atoms with E-state index in [9.17, 15) is 9.59 Å². The van der Waals surface area contributed by atoms with Gasteiger partial charge in [-0.15, -0.1) is 0 Å². The number of carbonyl (C=O) groups is 2. The summed E-state index contributed by atoms with van der Waals surface area (Å²) in [4.78, 5) is 31.8. The number of aldehydes is 1. The number of unbranched alkanes of at least 4 members (excludes halogenated alkanes) is 2. The van der Waals surface area contributed by atoms with Crippen LogP contribution in [-0.4, -0.2) is 65.6 Å². The van der Waals surface area contributed by atoms with Crippen LogP contribution in [0.3, 0.4) is 0 Å². The van der Waals surface area contributed by atoms with E-state index >= 15 is 0 Å². The van der Waals surface area contributed by atoms with Crippen molar-refractivity contribution in [1.29, 1.82) is 0 Å². The molecule has 1 amide bonds. The second-order valence-corrected chi connectivity index (χ2v) is 10.2. The predicted molar refractivity (Wildman–Crippen MR) is 179 cm³/mol. The molecule has 1 saturated heterocycles. The smallest absolute Gasteiger partial charge is 0.253 e. The number of piperidine rings is 1. The van der Waals surface area contributed by atoms with Gasteiger partial charge in [0.25, 0.3) is 5.91 Å². The monoisotopic (exact) mass is 591 g/mol. The number of anilines is 1. The van der Waals surface area contributed by atoms with Crippen LogP contribution in [0.15, 0.2) is 53.4 Å². The van der Waals surface area contributed by atoms with E-state index in [4.69, 9.17) is 9.84 Å². The van der Waals surface area contributed by atoms with Gasteiger partial charge in [0.2, 0.25) is 0 Å². The van der Waals surface area contributed by atoms with Crippen LogP contribution in [0.5, 0.6) is 5.75 Å². The van der Waals surface area contributed by atoms with Crippen LogP contribution in [0.1, 0.15) is 109 Å². The van der Waals surface area contributed by atoms with Crippen molar-refractivity contribution >= 4 is 29.8 Å². The predicted octanol–water partition coefficient (Wildman–Crippen LogP) is 7.82. The number of hydrogen-bond donors (Lipinski definition) is 1. The molecule has 1 fully saturated rings. The van der Waals surface area contributed by atoms with E-state index in [-0.39, 0.29) is 18.1 Å². The number of likely N-dealkylation sites (tertiary alicyclic amines) is 1. The van der Waals surface area contributed by atoms with Gasteiger partial charge in [-0.1, -0.05) is 60.8 Å². The molecule has 3 heterocycles. The highest BCUT2D eigenvalue weighted by molar-refractivity contribution is 5.99. The topological polar surface area (TPSA) is 87.1 Å². The number of benzene rings is 1. The summed E-state index contributed by atoms with van der Waals surface area (Å²) in [6.07, 6.45) is 13.7. The highest BCUT2D eigenvalue weighted by Crippen LogP contribution is 2.36. The van der Waals surface area contributed by atoms with E-state index in [1.54, 1.807) is 12.4 Å². The number of aromatic nitrogens is 1. The van der Waals surface area contributed by atoms with Gasteiger partial charge in [-0.3, -0.25) is 19.6 Å². The van der Waals surface area contributed by atoms with Crippen molar-refractivity contribution in [3.63, 3.8) is 0 Å². The summed E-state index contributed by atoms with van der Waals surface area (Å²) < 4.78 is 6.08. The molecule has 1 N–H and O–H groups in total. The lowest BCUT2D eigenvalue weighted by Crippen LogP contribution is -2.41. The number of hydrogen-bond acceptors (Lipinski definition) is 7. The lowest BCUT2D eigenvalue weighted by Gasteiger charge is -2.35. The first-order chi connectivity index (χ1) is 21.1. The van der Waals surface area contributed by atoms with Crippen molar-refractivity contribution in [2.75, 3.05) is 25.5 Å². The number of allylic oxidation sites excluding steroid dienone is 1. The summed E-state index contributed by atoms with van der Waals surface area (Å²) in [6.45, 7) is 13.6. The van der Waals surface area contributed by atoms with Gasteiger partial charge < -0.3 is 15.0 Å². The summed E-state index contributed by atoms with van der Waals surface area (Å²) in [5.74, 6) is 0.802. The third-order valence-corrected chi connectivity index (χ3v) is 7.62. The molecule has 0 saturated carbocycles. The Labute approximate surface area is 259 Å². The van der Waals surface area contributed by atoms with Crippen molar-refractivity contribution < 1.29 is 14.3 Å². The number of carbonyl (C=O) groups excluding carboxylic acids is 2. The molecule has 0 aliphatic carbocycles. The van der Waals surface area contributed by atoms with E-state index < -0.39 is 0 Å². The minimum Gasteiger partial charge on any atom is -0.490 e. The Morgan fingerprint density at radius 1 is 1.07 bits per heavy atom. The van der Waals surface area contributed by atoms with Crippen LogP contribution in [0.4, 0.5) is 5.69 Å². The number of nitrogens with zero attached hydrogens (tertiary/aromatic N) is 4. The van der Waals surface area contributed by atoms with Gasteiger partial charge in [-0.2, -0.15) is 5.10 Å². The first kappa shape index (κ1) is 35.5. The first-order valence-corrected chi connectivity index (χ1v) is 16.3. The number of hydrazone groups is 1. The molecule has 1 aromatic heterocycles. The Kier molecular flexibility index (Phi) is 16.1. The highest BCUT2D eigenvalue weighted by Gasteiger charge is 2.29. The fraction of sp³-hybridized carbons (Fsp3) is 0.543. The number of nitrogens with one attached hydrogen (secondary N) is 1. The number of ether oxygens (including phenoxy) is 1. The molecule has 0 spiro atoms. The van der Waals surface area contributed by atoms with Gasteiger partial charge in [0.05, 0.1) is 11.7 Å². The van der Waals surface area contributed by atoms with E-state index in [0.29, 0.717) is 30.6 Å². The van der Waals surface area contributed by atoms with Gasteiger partial charge in [0.1, 0.15) is 18.1 Å². The Bertz CT molecular complexity index is 1170. The van der Waals surface area contributed by atoms with Crippen LogP contribution >= 0.6 is 0 Å². The second-order valence-electron chi connectivity index (χ2n) is 10.2. The SMILES string of the molecule is CC.CC.CCCCCC(CC)N1N=CCC(C=O)=C1c1cc(C(=O)N2CCC(Oc3ccncc3)CC2)ccc1NC. The molecule has 2 aliphatic heterocycles. The summed E-state index contributed by atoms with van der Waals surface area (Å²) in [5.41, 5.74) is 3.82. The molecular formula is C35H53N5O3. The maximum absolute atomic E-state index is 13.6. The maximum atomic E-state index is 13.6. The average Bonchev–Trinajstić information content (AvgIpc) is 3.08. The molecule has 4 rings (SSSR count). The lowest BCUT2D eigenvalue weighted by atomic mass is 9.96. The molecule has 2 aliphatic rings. The van der Waals surface area contributed by atoms with Crippen molar-refractivity contribution in [2.24, 2.45) is 5.10 Å². The fourth-order valence-corrected chi connectivity index (χ4v) is 5.39. The van der Waals surface area contributed by atoms with Gasteiger partial charge in [0.15, 0.2) is 0 Å². The van der Waals surface area contributed by atoms with Gasteiger partial charge in [-0.25, -0.2) is 0 Å². The zero-order valence-corrected chi connectivity index (χ0v) is 27.4. The zero-order chi connectivity index (χ0) is 31.6. The van der Waals surface area contributed by atoms with Gasteiger partial charge in [-0.05, 0) is 43.2 Å². The molecule has 1 unspecified atom stereocenters. The van der Waals surface area contributed by atoms with Gasteiger partial charge in [0, 0.05) is 80.4 Å². The third-order valence-electron chi connectivity index (χ3n) is 7.62. The van der Waals surface area contributed by atoms with Crippen molar-refractivity contribution in [3.8, 4) is 5.75 Å². The molecule has 236 valence electrons. The second kappa shape index (κ2) is 19.5. The first-order valence-electron chi connectivity index (χ1n) is 16.3. The van der Waals surface area contributed by atoms with E-state index in [1.807, 2.05) is 81.2 Å². The molecule has 8 heteroatoms. The van der Waals surface area contributed by atoms with Crippen molar-refractivity contribution in [1.82, 2.24) is 14.9 Å². The van der Waals surface area contributed by atoms with Crippen LogP contribution in [0, 0.1) is 0 Å². The van der Waals surface area contributed by atoms with Crippen LogP contribution in [0.2, 0.25) is 0 Å². The largest absolute Gasteiger partial charge is 0.490 e. The average molecular weight is 592 g/mol. The third kappa shape index (κ3) is 9.66. The zero-order valence-electron chi connectivity index (χ0n) is 27.4. The van der Waals surface area contributed by atoms with Crippen molar-refractivity contribution in [2.45, 2.75) is 105 Å². The van der Waals surface area contributed by atoms with Gasteiger partial charge >= 0.3 is 0 Å². The number of amides is 1. The van der Waals surface area contributed by atoms with E-state index in [1.165, 1.54) is 6.42 Å².